The van der Waals surface area contributed by atoms with E-state index in [1.807, 2.05) is 12.4 Å². The first-order valence-corrected chi connectivity index (χ1v) is 5.46. The first kappa shape index (κ1) is 9.64. The molecule has 1 amide bonds. The number of rotatable bonds is 3. The molecule has 1 saturated heterocycles. The van der Waals surface area contributed by atoms with Gasteiger partial charge in [-0.15, -0.1) is 0 Å². The number of carbonyl (C=O) groups is 1. The standard InChI is InChI=1S/C9H13N3OS/c1-12-5-8(9(13)11-12)10-4-7-2-3-14-6-7/h2-3,6,8,10H,4-5H2,1H3,(H,11,13). The van der Waals surface area contributed by atoms with Crippen LogP contribution >= 0.6 is 11.3 Å². The van der Waals surface area contributed by atoms with Gasteiger partial charge in [-0.25, -0.2) is 5.01 Å². The van der Waals surface area contributed by atoms with Crippen LogP contribution in [0.2, 0.25) is 0 Å². The highest BCUT2D eigenvalue weighted by atomic mass is 32.1. The maximum Gasteiger partial charge on any atom is 0.252 e. The summed E-state index contributed by atoms with van der Waals surface area (Å²) in [7, 11) is 1.87. The molecule has 14 heavy (non-hydrogen) atoms. The first-order valence-electron chi connectivity index (χ1n) is 4.52. The van der Waals surface area contributed by atoms with Crippen LogP contribution in [0.25, 0.3) is 0 Å². The summed E-state index contributed by atoms with van der Waals surface area (Å²) in [5.74, 6) is 0.0581. The van der Waals surface area contributed by atoms with Crippen molar-refractivity contribution in [2.45, 2.75) is 12.6 Å². The zero-order valence-corrected chi connectivity index (χ0v) is 8.80. The molecule has 1 unspecified atom stereocenters. The topological polar surface area (TPSA) is 44.4 Å². The molecule has 2 heterocycles. The number of hydrazine groups is 1. The molecule has 1 atom stereocenters. The van der Waals surface area contributed by atoms with Gasteiger partial charge in [0.2, 0.25) is 0 Å². The van der Waals surface area contributed by atoms with Gasteiger partial charge in [0.15, 0.2) is 0 Å². The molecular weight excluding hydrogens is 198 g/mol. The Morgan fingerprint density at radius 2 is 2.64 bits per heavy atom. The minimum atomic E-state index is -0.0834. The summed E-state index contributed by atoms with van der Waals surface area (Å²) < 4.78 is 0. The Hall–Kier alpha value is -0.910. The molecule has 0 aliphatic carbocycles. The van der Waals surface area contributed by atoms with E-state index in [4.69, 9.17) is 0 Å². The summed E-state index contributed by atoms with van der Waals surface area (Å²) in [4.78, 5) is 11.3. The lowest BCUT2D eigenvalue weighted by Crippen LogP contribution is -2.37. The van der Waals surface area contributed by atoms with Gasteiger partial charge in [-0.2, -0.15) is 11.3 Å². The molecule has 1 aliphatic heterocycles. The summed E-state index contributed by atoms with van der Waals surface area (Å²) in [6.45, 7) is 1.48. The van der Waals surface area contributed by atoms with Gasteiger partial charge in [0.25, 0.3) is 5.91 Å². The van der Waals surface area contributed by atoms with Crippen molar-refractivity contribution in [2.75, 3.05) is 13.6 Å². The van der Waals surface area contributed by atoms with E-state index in [1.54, 1.807) is 16.3 Å². The van der Waals surface area contributed by atoms with E-state index in [0.717, 1.165) is 13.1 Å². The van der Waals surface area contributed by atoms with Crippen LogP contribution in [-0.4, -0.2) is 30.6 Å². The molecule has 4 nitrogen and oxygen atoms in total. The molecule has 2 N–H and O–H groups in total. The minimum Gasteiger partial charge on any atom is -0.301 e. The molecule has 0 aromatic carbocycles. The molecule has 76 valence electrons. The molecule has 1 aromatic rings. The third kappa shape index (κ3) is 2.12. The largest absolute Gasteiger partial charge is 0.301 e. The maximum absolute atomic E-state index is 11.3. The maximum atomic E-state index is 11.3. The first-order chi connectivity index (χ1) is 6.75. The van der Waals surface area contributed by atoms with Crippen LogP contribution < -0.4 is 10.7 Å². The number of carbonyl (C=O) groups excluding carboxylic acids is 1. The summed E-state index contributed by atoms with van der Waals surface area (Å²) >= 11 is 1.67. The van der Waals surface area contributed by atoms with Crippen molar-refractivity contribution in [3.05, 3.63) is 22.4 Å². The van der Waals surface area contributed by atoms with Crippen molar-refractivity contribution in [1.82, 2.24) is 15.8 Å². The van der Waals surface area contributed by atoms with E-state index in [1.165, 1.54) is 5.56 Å². The minimum absolute atomic E-state index is 0.0581. The summed E-state index contributed by atoms with van der Waals surface area (Å²) in [5.41, 5.74) is 3.97. The fraction of sp³-hybridized carbons (Fsp3) is 0.444. The molecule has 1 fully saturated rings. The monoisotopic (exact) mass is 211 g/mol. The Labute approximate surface area is 86.9 Å². The third-order valence-electron chi connectivity index (χ3n) is 2.21. The lowest BCUT2D eigenvalue weighted by Gasteiger charge is -2.08. The normalized spacial score (nSPS) is 22.6. The predicted octanol–water partition coefficient (Wildman–Crippen LogP) is 0.183. The van der Waals surface area contributed by atoms with E-state index in [0.29, 0.717) is 0 Å². The molecule has 0 bridgehead atoms. The van der Waals surface area contributed by atoms with Gasteiger partial charge in [-0.05, 0) is 22.4 Å². The van der Waals surface area contributed by atoms with E-state index in [9.17, 15) is 4.79 Å². The molecule has 0 spiro atoms. The highest BCUT2D eigenvalue weighted by molar-refractivity contribution is 7.07. The SMILES string of the molecule is CN1CC(NCc2ccsc2)C(=O)N1. The third-order valence-corrected chi connectivity index (χ3v) is 2.94. The molecule has 2 rings (SSSR count). The zero-order valence-electron chi connectivity index (χ0n) is 7.99. The average molecular weight is 211 g/mol. The van der Waals surface area contributed by atoms with Gasteiger partial charge >= 0.3 is 0 Å². The number of thiophene rings is 1. The second-order valence-electron chi connectivity index (χ2n) is 3.42. The van der Waals surface area contributed by atoms with Gasteiger partial charge in [0, 0.05) is 20.1 Å². The number of hydrogen-bond acceptors (Lipinski definition) is 4. The highest BCUT2D eigenvalue weighted by Crippen LogP contribution is 2.06. The fourth-order valence-electron chi connectivity index (χ4n) is 1.46. The number of nitrogens with one attached hydrogen (secondary N) is 2. The number of amides is 1. The van der Waals surface area contributed by atoms with Crippen molar-refractivity contribution in [1.29, 1.82) is 0 Å². The van der Waals surface area contributed by atoms with E-state index in [2.05, 4.69) is 22.2 Å². The van der Waals surface area contributed by atoms with Crippen LogP contribution in [-0.2, 0) is 11.3 Å². The molecule has 1 aliphatic rings. The molecule has 0 radical (unpaired) electrons. The second-order valence-corrected chi connectivity index (χ2v) is 4.20. The van der Waals surface area contributed by atoms with Crippen LogP contribution in [0.5, 0.6) is 0 Å². The Morgan fingerprint density at radius 3 is 3.21 bits per heavy atom. The molecule has 0 saturated carbocycles. The van der Waals surface area contributed by atoms with Gasteiger partial charge in [0.1, 0.15) is 6.04 Å². The molecule has 1 aromatic heterocycles. The Bertz CT molecular complexity index is 312. The summed E-state index contributed by atoms with van der Waals surface area (Å²) in [6, 6.07) is 1.98. The van der Waals surface area contributed by atoms with Crippen molar-refractivity contribution in [3.8, 4) is 0 Å². The molecular formula is C9H13N3OS. The Balaban J connectivity index is 1.84. The van der Waals surface area contributed by atoms with Crippen molar-refractivity contribution in [2.24, 2.45) is 0 Å². The number of hydrogen-bond donors (Lipinski definition) is 2. The second kappa shape index (κ2) is 4.08. The lowest BCUT2D eigenvalue weighted by molar-refractivity contribution is -0.122. The van der Waals surface area contributed by atoms with Crippen molar-refractivity contribution in [3.63, 3.8) is 0 Å². The van der Waals surface area contributed by atoms with Gasteiger partial charge in [-0.3, -0.25) is 10.2 Å². The quantitative estimate of drug-likeness (QED) is 0.750. The van der Waals surface area contributed by atoms with Crippen molar-refractivity contribution < 1.29 is 4.79 Å². The van der Waals surface area contributed by atoms with Gasteiger partial charge in [0.05, 0.1) is 0 Å². The van der Waals surface area contributed by atoms with Crippen LogP contribution in [0, 0.1) is 0 Å². The summed E-state index contributed by atoms with van der Waals surface area (Å²) in [5, 5.41) is 9.14. The van der Waals surface area contributed by atoms with Crippen LogP contribution in [0.4, 0.5) is 0 Å². The van der Waals surface area contributed by atoms with Gasteiger partial charge in [-0.1, -0.05) is 0 Å². The Kier molecular flexibility index (Phi) is 2.81. The highest BCUT2D eigenvalue weighted by Gasteiger charge is 2.27. The Morgan fingerprint density at radius 1 is 1.79 bits per heavy atom. The van der Waals surface area contributed by atoms with Crippen LogP contribution in [0.3, 0.4) is 0 Å². The van der Waals surface area contributed by atoms with Gasteiger partial charge < -0.3 is 5.32 Å². The smallest absolute Gasteiger partial charge is 0.252 e. The predicted molar refractivity (Wildman–Crippen MR) is 55.7 cm³/mol. The van der Waals surface area contributed by atoms with E-state index in [-0.39, 0.29) is 11.9 Å². The zero-order chi connectivity index (χ0) is 9.97. The van der Waals surface area contributed by atoms with Crippen molar-refractivity contribution >= 4 is 17.2 Å². The average Bonchev–Trinajstić information content (AvgIpc) is 2.72. The van der Waals surface area contributed by atoms with E-state index < -0.39 is 0 Å². The summed E-state index contributed by atoms with van der Waals surface area (Å²) in [6.07, 6.45) is 0. The van der Waals surface area contributed by atoms with Crippen LogP contribution in [0.1, 0.15) is 5.56 Å². The molecule has 5 heteroatoms. The fourth-order valence-corrected chi connectivity index (χ4v) is 2.13. The lowest BCUT2D eigenvalue weighted by atomic mass is 10.2. The van der Waals surface area contributed by atoms with Crippen LogP contribution in [0.15, 0.2) is 16.8 Å². The van der Waals surface area contributed by atoms with E-state index >= 15 is 0 Å². The number of nitrogens with zero attached hydrogens (tertiary/aromatic N) is 1. The number of likely N-dealkylation sites (N-methyl/N-ethyl adjacent to an activating group) is 1.